The minimum absolute atomic E-state index is 0.00327. The Labute approximate surface area is 177 Å². The molecule has 0 atom stereocenters. The van der Waals surface area contributed by atoms with Gasteiger partial charge in [-0.1, -0.05) is 0 Å². The fourth-order valence-electron chi connectivity index (χ4n) is 3.52. The molecule has 9 heteroatoms. The lowest BCUT2D eigenvalue weighted by Crippen LogP contribution is -2.38. The number of rotatable bonds is 9. The summed E-state index contributed by atoms with van der Waals surface area (Å²) in [5, 5.41) is 8.64. The lowest BCUT2D eigenvalue weighted by Gasteiger charge is -2.34. The molecule has 31 heavy (non-hydrogen) atoms. The molecule has 4 rings (SSSR count). The standard InChI is InChI=1S/C22H22F2O7/c1-27-13-7-14(8-13)31-15-9-16(21-19(10-15)29-11-30-21)12-5-17(23)22(18(24)6-12)28-4-2-3-20(25)26/h5-6,9-10,13-14H,2-4,7-8,11H2,1H3,(H,25,26). The third-order valence-electron chi connectivity index (χ3n) is 5.22. The van der Waals surface area contributed by atoms with Crippen molar-refractivity contribution in [1.82, 2.24) is 0 Å². The van der Waals surface area contributed by atoms with Crippen LogP contribution in [-0.2, 0) is 9.53 Å². The fraction of sp³-hybridized carbons (Fsp3) is 0.409. The number of aliphatic carboxylic acids is 1. The molecule has 0 spiro atoms. The van der Waals surface area contributed by atoms with Crippen LogP contribution in [0.3, 0.4) is 0 Å². The van der Waals surface area contributed by atoms with Crippen LogP contribution >= 0.6 is 0 Å². The molecule has 166 valence electrons. The first-order chi connectivity index (χ1) is 14.9. The molecule has 0 aromatic heterocycles. The molecule has 0 bridgehead atoms. The maximum absolute atomic E-state index is 14.6. The van der Waals surface area contributed by atoms with E-state index in [0.717, 1.165) is 25.0 Å². The average molecular weight is 436 g/mol. The summed E-state index contributed by atoms with van der Waals surface area (Å²) in [6.45, 7) is -0.115. The first-order valence-corrected chi connectivity index (χ1v) is 9.91. The van der Waals surface area contributed by atoms with E-state index in [1.807, 2.05) is 0 Å². The number of benzene rings is 2. The second-order valence-corrected chi connectivity index (χ2v) is 7.39. The highest BCUT2D eigenvalue weighted by Crippen LogP contribution is 2.46. The van der Waals surface area contributed by atoms with Crippen molar-refractivity contribution >= 4 is 5.97 Å². The van der Waals surface area contributed by atoms with Gasteiger partial charge in [0.2, 0.25) is 6.79 Å². The second kappa shape index (κ2) is 8.97. The highest BCUT2D eigenvalue weighted by atomic mass is 19.1. The lowest BCUT2D eigenvalue weighted by atomic mass is 9.92. The highest BCUT2D eigenvalue weighted by Gasteiger charge is 2.32. The van der Waals surface area contributed by atoms with Crippen molar-refractivity contribution in [3.05, 3.63) is 35.9 Å². The SMILES string of the molecule is COC1CC(Oc2cc3c(c(-c4cc(F)c(OCCCC(=O)O)c(F)c4)c2)OCO3)C1. The van der Waals surface area contributed by atoms with Crippen molar-refractivity contribution in [2.45, 2.75) is 37.9 Å². The Morgan fingerprint density at radius 3 is 2.55 bits per heavy atom. The normalized spacial score (nSPS) is 19.1. The number of fused-ring (bicyclic) bond motifs is 1. The Balaban J connectivity index is 1.56. The zero-order valence-corrected chi connectivity index (χ0v) is 16.9. The van der Waals surface area contributed by atoms with Gasteiger partial charge in [0.05, 0.1) is 12.7 Å². The van der Waals surface area contributed by atoms with Crippen LogP contribution in [0.1, 0.15) is 25.7 Å². The molecule has 2 aliphatic rings. The zero-order valence-electron chi connectivity index (χ0n) is 16.9. The summed E-state index contributed by atoms with van der Waals surface area (Å²) in [4.78, 5) is 10.5. The average Bonchev–Trinajstić information content (AvgIpc) is 3.16. The second-order valence-electron chi connectivity index (χ2n) is 7.39. The van der Waals surface area contributed by atoms with Crippen LogP contribution in [0.5, 0.6) is 23.0 Å². The van der Waals surface area contributed by atoms with E-state index in [9.17, 15) is 13.6 Å². The van der Waals surface area contributed by atoms with Gasteiger partial charge in [-0.15, -0.1) is 0 Å². The van der Waals surface area contributed by atoms with E-state index in [1.54, 1.807) is 19.2 Å². The van der Waals surface area contributed by atoms with Crippen LogP contribution in [0.4, 0.5) is 8.78 Å². The quantitative estimate of drug-likeness (QED) is 0.591. The largest absolute Gasteiger partial charge is 0.490 e. The monoisotopic (exact) mass is 436 g/mol. The molecule has 1 heterocycles. The Bertz CT molecular complexity index is 950. The Morgan fingerprint density at radius 1 is 1.13 bits per heavy atom. The molecule has 0 radical (unpaired) electrons. The summed E-state index contributed by atoms with van der Waals surface area (Å²) in [7, 11) is 1.65. The molecule has 1 saturated carbocycles. The first kappa shape index (κ1) is 21.2. The topological polar surface area (TPSA) is 83.5 Å². The summed E-state index contributed by atoms with van der Waals surface area (Å²) < 4.78 is 56.5. The van der Waals surface area contributed by atoms with E-state index in [2.05, 4.69) is 0 Å². The van der Waals surface area contributed by atoms with Gasteiger partial charge in [0.25, 0.3) is 0 Å². The van der Waals surface area contributed by atoms with Gasteiger partial charge in [0, 0.05) is 38.0 Å². The molecule has 0 saturated heterocycles. The van der Waals surface area contributed by atoms with Gasteiger partial charge in [-0.05, 0) is 30.2 Å². The number of carbonyl (C=O) groups is 1. The summed E-state index contributed by atoms with van der Waals surface area (Å²) >= 11 is 0. The van der Waals surface area contributed by atoms with Crippen molar-refractivity contribution in [1.29, 1.82) is 0 Å². The van der Waals surface area contributed by atoms with Gasteiger partial charge in [-0.2, -0.15) is 0 Å². The smallest absolute Gasteiger partial charge is 0.303 e. The van der Waals surface area contributed by atoms with E-state index in [4.69, 9.17) is 28.8 Å². The van der Waals surface area contributed by atoms with Gasteiger partial charge in [-0.25, -0.2) is 8.78 Å². The highest BCUT2D eigenvalue weighted by molar-refractivity contribution is 5.77. The molecule has 1 aliphatic carbocycles. The van der Waals surface area contributed by atoms with E-state index >= 15 is 0 Å². The molecule has 1 fully saturated rings. The Hall–Kier alpha value is -3.07. The third kappa shape index (κ3) is 4.66. The van der Waals surface area contributed by atoms with Gasteiger partial charge in [-0.3, -0.25) is 4.79 Å². The lowest BCUT2D eigenvalue weighted by molar-refractivity contribution is -0.137. The summed E-state index contributed by atoms with van der Waals surface area (Å²) in [6, 6.07) is 5.63. The first-order valence-electron chi connectivity index (χ1n) is 9.91. The Morgan fingerprint density at radius 2 is 1.87 bits per heavy atom. The molecular weight excluding hydrogens is 414 g/mol. The van der Waals surface area contributed by atoms with Crippen LogP contribution in [0, 0.1) is 11.6 Å². The van der Waals surface area contributed by atoms with Crippen LogP contribution in [-0.4, -0.2) is 43.8 Å². The predicted octanol–water partition coefficient (Wildman–Crippen LogP) is 4.16. The van der Waals surface area contributed by atoms with Crippen molar-refractivity contribution in [2.75, 3.05) is 20.5 Å². The number of ether oxygens (including phenoxy) is 5. The van der Waals surface area contributed by atoms with Crippen molar-refractivity contribution in [3.63, 3.8) is 0 Å². The van der Waals surface area contributed by atoms with Crippen LogP contribution in [0.2, 0.25) is 0 Å². The van der Waals surface area contributed by atoms with Crippen LogP contribution < -0.4 is 18.9 Å². The predicted molar refractivity (Wildman–Crippen MR) is 105 cm³/mol. The number of carboxylic acid groups (broad SMARTS) is 1. The molecule has 7 nitrogen and oxygen atoms in total. The van der Waals surface area contributed by atoms with Crippen LogP contribution in [0.15, 0.2) is 24.3 Å². The molecule has 1 N–H and O–H groups in total. The minimum atomic E-state index is -1.00. The number of methoxy groups -OCH3 is 1. The van der Waals surface area contributed by atoms with Crippen molar-refractivity contribution < 1.29 is 42.4 Å². The summed E-state index contributed by atoms with van der Waals surface area (Å²) in [5.41, 5.74) is 0.673. The molecule has 0 amide bonds. The summed E-state index contributed by atoms with van der Waals surface area (Å²) in [6.07, 6.45) is 1.68. The van der Waals surface area contributed by atoms with Gasteiger partial charge in [0.1, 0.15) is 11.9 Å². The van der Waals surface area contributed by atoms with Crippen molar-refractivity contribution in [2.24, 2.45) is 0 Å². The fourth-order valence-corrected chi connectivity index (χ4v) is 3.52. The zero-order chi connectivity index (χ0) is 22.0. The van der Waals surface area contributed by atoms with E-state index in [1.165, 1.54) is 0 Å². The van der Waals surface area contributed by atoms with Gasteiger partial charge in [0.15, 0.2) is 28.9 Å². The van der Waals surface area contributed by atoms with E-state index in [-0.39, 0.29) is 44.0 Å². The number of hydrogen-bond acceptors (Lipinski definition) is 6. The minimum Gasteiger partial charge on any atom is -0.490 e. The van der Waals surface area contributed by atoms with E-state index in [0.29, 0.717) is 22.8 Å². The third-order valence-corrected chi connectivity index (χ3v) is 5.22. The number of hydrogen-bond donors (Lipinski definition) is 1. The Kier molecular flexibility index (Phi) is 6.13. The number of carboxylic acids is 1. The van der Waals surface area contributed by atoms with Gasteiger partial charge >= 0.3 is 5.97 Å². The molecular formula is C22H22F2O7. The summed E-state index contributed by atoms with van der Waals surface area (Å²) in [5.74, 6) is -2.02. The molecule has 0 unspecified atom stereocenters. The molecule has 2 aromatic carbocycles. The van der Waals surface area contributed by atoms with E-state index < -0.39 is 23.4 Å². The molecule has 2 aromatic rings. The number of halogens is 2. The maximum atomic E-state index is 14.6. The maximum Gasteiger partial charge on any atom is 0.303 e. The van der Waals surface area contributed by atoms with Gasteiger partial charge < -0.3 is 28.8 Å². The van der Waals surface area contributed by atoms with Crippen molar-refractivity contribution in [3.8, 4) is 34.1 Å². The van der Waals surface area contributed by atoms with Crippen LogP contribution in [0.25, 0.3) is 11.1 Å². The molecule has 1 aliphatic heterocycles.